The molecule has 2 aromatic carbocycles. The van der Waals surface area contributed by atoms with Crippen molar-refractivity contribution in [2.75, 3.05) is 0 Å². The first kappa shape index (κ1) is 27.6. The van der Waals surface area contributed by atoms with Crippen LogP contribution in [0.5, 0.6) is 11.5 Å². The average molecular weight is 465 g/mol. The summed E-state index contributed by atoms with van der Waals surface area (Å²) in [5, 5.41) is 21.5. The van der Waals surface area contributed by atoms with E-state index in [1.165, 1.54) is 0 Å². The number of aryl methyl sites for hydroxylation is 2. The van der Waals surface area contributed by atoms with Crippen LogP contribution >= 0.6 is 0 Å². The molecule has 186 valence electrons. The molecular formula is C30H44N2O2. The molecular weight excluding hydrogens is 420 g/mol. The van der Waals surface area contributed by atoms with E-state index in [1.54, 1.807) is 12.4 Å². The second-order valence-corrected chi connectivity index (χ2v) is 11.8. The molecule has 2 atom stereocenters. The first-order chi connectivity index (χ1) is 15.6. The summed E-state index contributed by atoms with van der Waals surface area (Å²) in [6.07, 6.45) is 5.38. The molecule has 0 aliphatic heterocycles. The third-order valence-corrected chi connectivity index (χ3v) is 6.12. The maximum atomic E-state index is 10.7. The molecule has 0 spiro atoms. The number of aliphatic imine (C=N–C) groups is 2. The number of aromatic hydroxyl groups is 2. The van der Waals surface area contributed by atoms with Gasteiger partial charge in [0.15, 0.2) is 0 Å². The average Bonchev–Trinajstić information content (AvgIpc) is 2.71. The molecule has 0 saturated carbocycles. The highest BCUT2D eigenvalue weighted by Crippen LogP contribution is 2.35. The Balaban J connectivity index is 2.05. The second-order valence-electron chi connectivity index (χ2n) is 11.8. The van der Waals surface area contributed by atoms with Crippen molar-refractivity contribution in [3.05, 3.63) is 57.6 Å². The summed E-state index contributed by atoms with van der Waals surface area (Å²) in [6, 6.07) is 8.30. The molecule has 0 heterocycles. The van der Waals surface area contributed by atoms with Crippen molar-refractivity contribution in [2.45, 2.75) is 105 Å². The van der Waals surface area contributed by atoms with E-state index in [-0.39, 0.29) is 22.9 Å². The predicted octanol–water partition coefficient (Wildman–Crippen LogP) is 7.40. The van der Waals surface area contributed by atoms with E-state index in [9.17, 15) is 10.2 Å². The fraction of sp³-hybridized carbons (Fsp3) is 0.533. The molecule has 0 amide bonds. The third-order valence-electron chi connectivity index (χ3n) is 6.12. The van der Waals surface area contributed by atoms with Gasteiger partial charge in [-0.3, -0.25) is 9.98 Å². The Bertz CT molecular complexity index is 967. The largest absolute Gasteiger partial charge is 0.507 e. The van der Waals surface area contributed by atoms with Gasteiger partial charge >= 0.3 is 0 Å². The van der Waals surface area contributed by atoms with Crippen molar-refractivity contribution < 1.29 is 10.2 Å². The molecule has 0 radical (unpaired) electrons. The zero-order valence-electron chi connectivity index (χ0n) is 22.8. The first-order valence-electron chi connectivity index (χ1n) is 12.3. The Morgan fingerprint density at radius 3 is 1.29 bits per heavy atom. The van der Waals surface area contributed by atoms with Crippen LogP contribution in [-0.2, 0) is 10.8 Å². The van der Waals surface area contributed by atoms with Crippen LogP contribution in [0.25, 0.3) is 0 Å². The minimum Gasteiger partial charge on any atom is -0.507 e. The molecule has 0 aliphatic carbocycles. The summed E-state index contributed by atoms with van der Waals surface area (Å²) in [6.45, 7) is 20.9. The highest BCUT2D eigenvalue weighted by molar-refractivity contribution is 5.85. The molecule has 34 heavy (non-hydrogen) atoms. The highest BCUT2D eigenvalue weighted by Gasteiger charge is 2.21. The topological polar surface area (TPSA) is 65.2 Å². The molecule has 4 heteroatoms. The Labute approximate surface area is 206 Å². The van der Waals surface area contributed by atoms with Crippen molar-refractivity contribution in [3.63, 3.8) is 0 Å². The molecule has 0 bridgehead atoms. The van der Waals surface area contributed by atoms with Crippen LogP contribution in [0.4, 0.5) is 0 Å². The van der Waals surface area contributed by atoms with Gasteiger partial charge in [-0.1, -0.05) is 53.7 Å². The zero-order chi connectivity index (χ0) is 25.8. The Morgan fingerprint density at radius 1 is 0.676 bits per heavy atom. The summed E-state index contributed by atoms with van der Waals surface area (Å²) < 4.78 is 0. The van der Waals surface area contributed by atoms with Gasteiger partial charge in [0.2, 0.25) is 0 Å². The van der Waals surface area contributed by atoms with Crippen LogP contribution in [0.15, 0.2) is 34.3 Å². The fourth-order valence-corrected chi connectivity index (χ4v) is 4.00. The van der Waals surface area contributed by atoms with Crippen LogP contribution in [0, 0.1) is 13.8 Å². The van der Waals surface area contributed by atoms with E-state index >= 15 is 0 Å². The molecule has 0 aliphatic rings. The van der Waals surface area contributed by atoms with Gasteiger partial charge in [0.25, 0.3) is 0 Å². The third kappa shape index (κ3) is 7.44. The summed E-state index contributed by atoms with van der Waals surface area (Å²) in [5.74, 6) is 0.638. The maximum Gasteiger partial charge on any atom is 0.128 e. The van der Waals surface area contributed by atoms with E-state index in [0.29, 0.717) is 11.5 Å². The summed E-state index contributed by atoms with van der Waals surface area (Å²) in [5.41, 5.74) is 5.41. The van der Waals surface area contributed by atoms with E-state index in [1.807, 2.05) is 38.1 Å². The number of benzene rings is 2. The lowest BCUT2D eigenvalue weighted by molar-refractivity contribution is 0.445. The van der Waals surface area contributed by atoms with Gasteiger partial charge in [-0.2, -0.15) is 0 Å². The standard InChI is InChI=1S/C30H44N2O2/c1-19-13-23(27(33)25(15-19)29(5,6)7)17-31-21(3)11-12-22(4)32-18-24-14-20(2)16-26(28(24)34)30(8,9)10/h13-18,21-22,33-34H,11-12H2,1-10H3/t21-,22-/m1/s1. The second kappa shape index (κ2) is 10.8. The van der Waals surface area contributed by atoms with Gasteiger partial charge < -0.3 is 10.2 Å². The Morgan fingerprint density at radius 2 is 1.00 bits per heavy atom. The minimum absolute atomic E-state index is 0.121. The smallest absolute Gasteiger partial charge is 0.128 e. The van der Waals surface area contributed by atoms with E-state index in [2.05, 4.69) is 55.4 Å². The summed E-state index contributed by atoms with van der Waals surface area (Å²) >= 11 is 0. The van der Waals surface area contributed by atoms with Gasteiger partial charge in [0.05, 0.1) is 0 Å². The van der Waals surface area contributed by atoms with E-state index in [4.69, 9.17) is 9.98 Å². The van der Waals surface area contributed by atoms with Crippen LogP contribution in [0.1, 0.15) is 102 Å². The summed E-state index contributed by atoms with van der Waals surface area (Å²) in [7, 11) is 0. The van der Waals surface area contributed by atoms with Crippen LogP contribution < -0.4 is 0 Å². The van der Waals surface area contributed by atoms with Crippen molar-refractivity contribution in [1.82, 2.24) is 0 Å². The molecule has 2 aromatic rings. The van der Waals surface area contributed by atoms with Gasteiger partial charge in [-0.25, -0.2) is 0 Å². The number of rotatable bonds is 7. The van der Waals surface area contributed by atoms with Crippen LogP contribution in [0.2, 0.25) is 0 Å². The molecule has 4 nitrogen and oxygen atoms in total. The number of nitrogens with zero attached hydrogens (tertiary/aromatic N) is 2. The van der Waals surface area contributed by atoms with E-state index < -0.39 is 0 Å². The SMILES string of the molecule is Cc1cc(C=N[C@H](C)CC[C@@H](C)N=Cc2cc(C)cc(C(C)(C)C)c2O)c(O)c(C(C)(C)C)c1. The molecule has 2 N–H and O–H groups in total. The van der Waals surface area contributed by atoms with Crippen LogP contribution in [-0.4, -0.2) is 34.7 Å². The number of hydrogen-bond donors (Lipinski definition) is 2. The van der Waals surface area contributed by atoms with Crippen molar-refractivity contribution in [2.24, 2.45) is 9.98 Å². The lowest BCUT2D eigenvalue weighted by Gasteiger charge is -2.22. The summed E-state index contributed by atoms with van der Waals surface area (Å²) in [4.78, 5) is 9.39. The lowest BCUT2D eigenvalue weighted by Crippen LogP contribution is -2.13. The Hall–Kier alpha value is -2.62. The monoisotopic (exact) mass is 464 g/mol. The lowest BCUT2D eigenvalue weighted by atomic mass is 9.84. The number of hydrogen-bond acceptors (Lipinski definition) is 4. The number of phenolic OH excluding ortho intramolecular Hbond substituents is 2. The van der Waals surface area contributed by atoms with Crippen molar-refractivity contribution in [3.8, 4) is 11.5 Å². The molecule has 0 unspecified atom stereocenters. The number of phenols is 2. The zero-order valence-corrected chi connectivity index (χ0v) is 22.8. The molecule has 2 rings (SSSR count). The van der Waals surface area contributed by atoms with Gasteiger partial charge in [-0.05, 0) is 74.6 Å². The highest BCUT2D eigenvalue weighted by atomic mass is 16.3. The van der Waals surface area contributed by atoms with Crippen molar-refractivity contribution in [1.29, 1.82) is 0 Å². The predicted molar refractivity (Wildman–Crippen MR) is 146 cm³/mol. The maximum absolute atomic E-state index is 10.7. The molecule has 0 fully saturated rings. The normalized spacial score (nSPS) is 14.8. The van der Waals surface area contributed by atoms with Gasteiger partial charge in [-0.15, -0.1) is 0 Å². The van der Waals surface area contributed by atoms with Crippen molar-refractivity contribution >= 4 is 12.4 Å². The molecule has 0 aromatic heterocycles. The Kier molecular flexibility index (Phi) is 8.74. The fourth-order valence-electron chi connectivity index (χ4n) is 4.00. The van der Waals surface area contributed by atoms with E-state index in [0.717, 1.165) is 46.2 Å². The van der Waals surface area contributed by atoms with Crippen LogP contribution in [0.3, 0.4) is 0 Å². The van der Waals surface area contributed by atoms with Gasteiger partial charge in [0.1, 0.15) is 11.5 Å². The quantitative estimate of drug-likeness (QED) is 0.419. The first-order valence-corrected chi connectivity index (χ1v) is 12.3. The minimum atomic E-state index is -0.128. The molecule has 0 saturated heterocycles. The van der Waals surface area contributed by atoms with Gasteiger partial charge in [0, 0.05) is 46.8 Å².